The number of hydrogen-bond donors (Lipinski definition) is 0. The van der Waals surface area contributed by atoms with Gasteiger partial charge in [-0.2, -0.15) is 10.2 Å². The Morgan fingerprint density at radius 1 is 1.24 bits per heavy atom. The summed E-state index contributed by atoms with van der Waals surface area (Å²) in [5.74, 6) is -3.07. The van der Waals surface area contributed by atoms with Gasteiger partial charge in [0.25, 0.3) is 5.92 Å². The number of benzene rings is 1. The summed E-state index contributed by atoms with van der Waals surface area (Å²) in [4.78, 5) is 26.1. The fraction of sp³-hybridized carbons (Fsp3) is 0.391. The zero-order valence-corrected chi connectivity index (χ0v) is 18.3. The van der Waals surface area contributed by atoms with Gasteiger partial charge in [0, 0.05) is 45.2 Å². The zero-order chi connectivity index (χ0) is 23.4. The molecule has 33 heavy (non-hydrogen) atoms. The van der Waals surface area contributed by atoms with Crippen molar-refractivity contribution >= 4 is 5.97 Å². The first-order valence-electron chi connectivity index (χ1n) is 10.7. The average Bonchev–Trinajstić information content (AvgIpc) is 3.34. The van der Waals surface area contributed by atoms with E-state index in [0.717, 1.165) is 16.8 Å². The summed E-state index contributed by atoms with van der Waals surface area (Å²) in [6, 6.07) is 8.79. The van der Waals surface area contributed by atoms with Crippen molar-refractivity contribution in [1.82, 2.24) is 24.5 Å². The van der Waals surface area contributed by atoms with Gasteiger partial charge in [-0.1, -0.05) is 24.3 Å². The van der Waals surface area contributed by atoms with Crippen molar-refractivity contribution in [3.8, 4) is 5.69 Å². The van der Waals surface area contributed by atoms with Crippen LogP contribution in [0.1, 0.15) is 23.2 Å². The van der Waals surface area contributed by atoms with Crippen molar-refractivity contribution in [2.75, 3.05) is 26.2 Å². The standard InChI is InChI=1S/C23H25F2N5O3/c1-28-15-19(14-26-28)30-7-5-21(31)20(27-30)12-17-3-2-4-18(11-17)13-22(32)33-10-9-29-8-6-23(24,25)16-29/h2-5,7,11,14-15H,6,8-10,12-13,16H2,1H3. The molecular weight excluding hydrogens is 432 g/mol. The number of aryl methyl sites for hydroxylation is 1. The number of hydrogen-bond acceptors (Lipinski definition) is 6. The van der Waals surface area contributed by atoms with Crippen LogP contribution in [-0.4, -0.2) is 62.6 Å². The minimum Gasteiger partial charge on any atom is -0.464 e. The molecule has 0 spiro atoms. The highest BCUT2D eigenvalue weighted by atomic mass is 19.3. The third kappa shape index (κ3) is 6.10. The Hall–Kier alpha value is -3.40. The number of aromatic nitrogens is 4. The number of nitrogens with zero attached hydrogens (tertiary/aromatic N) is 5. The van der Waals surface area contributed by atoms with Crippen molar-refractivity contribution in [1.29, 1.82) is 0 Å². The molecule has 0 saturated carbocycles. The van der Waals surface area contributed by atoms with Gasteiger partial charge in [0.1, 0.15) is 18.0 Å². The van der Waals surface area contributed by atoms with Crippen molar-refractivity contribution in [3.05, 3.63) is 76.0 Å². The van der Waals surface area contributed by atoms with E-state index in [1.165, 1.54) is 6.07 Å². The molecule has 0 bridgehead atoms. The molecule has 10 heteroatoms. The molecule has 1 saturated heterocycles. The normalized spacial score (nSPS) is 15.6. The van der Waals surface area contributed by atoms with Crippen molar-refractivity contribution < 1.29 is 18.3 Å². The Morgan fingerprint density at radius 3 is 2.79 bits per heavy atom. The summed E-state index contributed by atoms with van der Waals surface area (Å²) < 4.78 is 34.9. The lowest BCUT2D eigenvalue weighted by Crippen LogP contribution is -2.29. The van der Waals surface area contributed by atoms with Crippen LogP contribution in [-0.2, 0) is 29.4 Å². The van der Waals surface area contributed by atoms with Crippen LogP contribution in [0.25, 0.3) is 5.69 Å². The predicted molar refractivity (Wildman–Crippen MR) is 117 cm³/mol. The number of likely N-dealkylation sites (tertiary alicyclic amines) is 1. The first-order chi connectivity index (χ1) is 15.8. The topological polar surface area (TPSA) is 82.3 Å². The highest BCUT2D eigenvalue weighted by Gasteiger charge is 2.37. The number of carbonyl (C=O) groups is 1. The molecule has 0 unspecified atom stereocenters. The summed E-state index contributed by atoms with van der Waals surface area (Å²) in [5.41, 5.74) is 2.53. The smallest absolute Gasteiger partial charge is 0.310 e. The van der Waals surface area contributed by atoms with Crippen LogP contribution < -0.4 is 5.43 Å². The molecule has 8 nitrogen and oxygen atoms in total. The molecule has 1 aromatic carbocycles. The molecule has 1 aliphatic rings. The van der Waals surface area contributed by atoms with Crippen LogP contribution in [0.5, 0.6) is 0 Å². The number of halogens is 2. The van der Waals surface area contributed by atoms with E-state index in [4.69, 9.17) is 4.74 Å². The van der Waals surface area contributed by atoms with E-state index < -0.39 is 11.9 Å². The third-order valence-corrected chi connectivity index (χ3v) is 5.47. The van der Waals surface area contributed by atoms with Crippen molar-refractivity contribution in [3.63, 3.8) is 0 Å². The monoisotopic (exact) mass is 457 g/mol. The van der Waals surface area contributed by atoms with Gasteiger partial charge in [0.05, 0.1) is 25.4 Å². The second kappa shape index (κ2) is 9.62. The minimum absolute atomic E-state index is 0.0616. The first-order valence-corrected chi connectivity index (χ1v) is 10.7. The molecule has 0 atom stereocenters. The molecule has 0 aliphatic carbocycles. The van der Waals surface area contributed by atoms with Crippen LogP contribution in [0.15, 0.2) is 53.7 Å². The molecule has 3 heterocycles. The van der Waals surface area contributed by atoms with E-state index in [2.05, 4.69) is 10.2 Å². The summed E-state index contributed by atoms with van der Waals surface area (Å²) in [6.07, 6.45) is 5.26. The second-order valence-corrected chi connectivity index (χ2v) is 8.22. The van der Waals surface area contributed by atoms with Crippen molar-refractivity contribution in [2.45, 2.75) is 25.2 Å². The number of alkyl halides is 2. The molecule has 1 aliphatic heterocycles. The molecule has 4 rings (SSSR count). The number of carbonyl (C=O) groups excluding carboxylic acids is 1. The third-order valence-electron chi connectivity index (χ3n) is 5.47. The summed E-state index contributed by atoms with van der Waals surface area (Å²) >= 11 is 0. The SMILES string of the molecule is Cn1cc(-n2ccc(=O)c(Cc3cccc(CC(=O)OCCN4CCC(F)(F)C4)c3)n2)cn1. The lowest BCUT2D eigenvalue weighted by atomic mass is 10.0. The van der Waals surface area contributed by atoms with Crippen LogP contribution in [0, 0.1) is 0 Å². The lowest BCUT2D eigenvalue weighted by molar-refractivity contribution is -0.143. The molecule has 174 valence electrons. The Labute approximate surface area is 189 Å². The van der Waals surface area contributed by atoms with Gasteiger partial charge in [0.2, 0.25) is 5.43 Å². The fourth-order valence-electron chi connectivity index (χ4n) is 3.79. The Balaban J connectivity index is 1.34. The quantitative estimate of drug-likeness (QED) is 0.481. The maximum absolute atomic E-state index is 13.2. The summed E-state index contributed by atoms with van der Waals surface area (Å²) in [7, 11) is 1.80. The van der Waals surface area contributed by atoms with E-state index in [1.54, 1.807) is 46.0 Å². The highest BCUT2D eigenvalue weighted by molar-refractivity contribution is 5.72. The van der Waals surface area contributed by atoms with Crippen molar-refractivity contribution in [2.24, 2.45) is 7.05 Å². The number of ether oxygens (including phenoxy) is 1. The molecule has 2 aromatic heterocycles. The number of rotatable bonds is 8. The van der Waals surface area contributed by atoms with Gasteiger partial charge in [-0.25, -0.2) is 13.5 Å². The molecular formula is C23H25F2N5O3. The first kappa shape index (κ1) is 22.8. The maximum Gasteiger partial charge on any atom is 0.310 e. The Morgan fingerprint density at radius 2 is 2.06 bits per heavy atom. The fourth-order valence-corrected chi connectivity index (χ4v) is 3.79. The molecule has 1 fully saturated rings. The van der Waals surface area contributed by atoms with Gasteiger partial charge in [0.15, 0.2) is 0 Å². The maximum atomic E-state index is 13.2. The second-order valence-electron chi connectivity index (χ2n) is 8.22. The zero-order valence-electron chi connectivity index (χ0n) is 18.3. The van der Waals surface area contributed by atoms with Crippen LogP contribution >= 0.6 is 0 Å². The van der Waals surface area contributed by atoms with Crippen LogP contribution in [0.4, 0.5) is 8.78 Å². The van der Waals surface area contributed by atoms with E-state index in [0.29, 0.717) is 25.2 Å². The summed E-state index contributed by atoms with van der Waals surface area (Å²) in [5, 5.41) is 8.55. The minimum atomic E-state index is -2.65. The van der Waals surface area contributed by atoms with Crippen LogP contribution in [0.2, 0.25) is 0 Å². The van der Waals surface area contributed by atoms with Gasteiger partial charge >= 0.3 is 5.97 Å². The van der Waals surface area contributed by atoms with Gasteiger partial charge in [-0.3, -0.25) is 19.2 Å². The van der Waals surface area contributed by atoms with E-state index in [1.807, 2.05) is 18.2 Å². The summed E-state index contributed by atoms with van der Waals surface area (Å²) in [6.45, 7) is 0.395. The number of esters is 1. The van der Waals surface area contributed by atoms with E-state index in [-0.39, 0.29) is 31.4 Å². The lowest BCUT2D eigenvalue weighted by Gasteiger charge is -2.15. The van der Waals surface area contributed by atoms with Crippen LogP contribution in [0.3, 0.4) is 0 Å². The predicted octanol–water partition coefficient (Wildman–Crippen LogP) is 1.98. The van der Waals surface area contributed by atoms with Gasteiger partial charge in [-0.15, -0.1) is 0 Å². The Kier molecular flexibility index (Phi) is 6.64. The molecule has 3 aromatic rings. The Bertz CT molecular complexity index is 1190. The molecule has 0 amide bonds. The van der Waals surface area contributed by atoms with E-state index in [9.17, 15) is 18.4 Å². The van der Waals surface area contributed by atoms with Gasteiger partial charge in [-0.05, 0) is 11.1 Å². The van der Waals surface area contributed by atoms with Gasteiger partial charge < -0.3 is 4.74 Å². The van der Waals surface area contributed by atoms with E-state index >= 15 is 0 Å². The highest BCUT2D eigenvalue weighted by Crippen LogP contribution is 2.26. The average molecular weight is 457 g/mol. The molecule has 0 radical (unpaired) electrons. The largest absolute Gasteiger partial charge is 0.464 e. The molecule has 0 N–H and O–H groups in total.